The van der Waals surface area contributed by atoms with E-state index in [0.29, 0.717) is 16.7 Å². The van der Waals surface area contributed by atoms with Crippen LogP contribution in [0.15, 0.2) is 53.3 Å². The Labute approximate surface area is 184 Å². The number of aromatic nitrogens is 4. The molecule has 2 aromatic heterocycles. The van der Waals surface area contributed by atoms with Gasteiger partial charge in [-0.05, 0) is 29.3 Å². The molecule has 0 saturated heterocycles. The van der Waals surface area contributed by atoms with Gasteiger partial charge in [-0.3, -0.25) is 4.79 Å². The molecule has 0 aliphatic carbocycles. The zero-order valence-electron chi connectivity index (χ0n) is 16.8. The zero-order valence-corrected chi connectivity index (χ0v) is 18.5. The molecular weight excluding hydrogens is 456 g/mol. The highest BCUT2D eigenvalue weighted by atomic mass is 32.2. The minimum Gasteiger partial charge on any atom is -0.481 e. The molecule has 0 unspecified atom stereocenters. The highest BCUT2D eigenvalue weighted by molar-refractivity contribution is 7.91. The first-order valence-corrected chi connectivity index (χ1v) is 12.6. The summed E-state index contributed by atoms with van der Waals surface area (Å²) in [7, 11) is -7.43. The maximum absolute atomic E-state index is 12.2. The lowest BCUT2D eigenvalue weighted by atomic mass is 9.98. The van der Waals surface area contributed by atoms with Gasteiger partial charge >= 0.3 is 5.97 Å². The second-order valence-corrected chi connectivity index (χ2v) is 10.6. The summed E-state index contributed by atoms with van der Waals surface area (Å²) in [4.78, 5) is 26.3. The fraction of sp³-hybridized carbons (Fsp3) is 0.150. The third-order valence-electron chi connectivity index (χ3n) is 4.08. The van der Waals surface area contributed by atoms with Gasteiger partial charge in [0.05, 0.1) is 0 Å². The lowest BCUT2D eigenvalue weighted by Crippen LogP contribution is -2.05. The van der Waals surface area contributed by atoms with Crippen molar-refractivity contribution in [1.82, 2.24) is 19.9 Å². The van der Waals surface area contributed by atoms with Gasteiger partial charge in [-0.1, -0.05) is 11.8 Å². The van der Waals surface area contributed by atoms with Crippen molar-refractivity contribution in [3.05, 3.63) is 48.8 Å². The molecule has 1 aromatic carbocycles. The van der Waals surface area contributed by atoms with Gasteiger partial charge in [-0.15, -0.1) is 0 Å². The van der Waals surface area contributed by atoms with Gasteiger partial charge in [0.15, 0.2) is 29.7 Å². The Bertz CT molecular complexity index is 1400. The molecule has 0 aliphatic heterocycles. The van der Waals surface area contributed by atoms with Crippen molar-refractivity contribution in [2.24, 2.45) is 0 Å². The van der Waals surface area contributed by atoms with Crippen LogP contribution < -0.4 is 0 Å². The summed E-state index contributed by atoms with van der Waals surface area (Å²) < 4.78 is 48.9. The maximum atomic E-state index is 12.2. The fourth-order valence-corrected chi connectivity index (χ4v) is 4.47. The predicted molar refractivity (Wildman–Crippen MR) is 114 cm³/mol. The number of rotatable bonds is 5. The number of hydrogen-bond donors (Lipinski definition) is 1. The molecule has 10 nitrogen and oxygen atoms in total. The van der Waals surface area contributed by atoms with Crippen LogP contribution in [-0.2, 0) is 24.5 Å². The fourth-order valence-electron chi connectivity index (χ4n) is 2.86. The van der Waals surface area contributed by atoms with Crippen molar-refractivity contribution in [1.29, 1.82) is 0 Å². The first-order valence-electron chi connectivity index (χ1n) is 8.83. The highest BCUT2D eigenvalue weighted by Gasteiger charge is 2.20. The molecule has 3 aromatic rings. The zero-order chi connectivity index (χ0) is 23.5. The van der Waals surface area contributed by atoms with Gasteiger partial charge in [0.2, 0.25) is 0 Å². The van der Waals surface area contributed by atoms with Gasteiger partial charge in [-0.2, -0.15) is 0 Å². The van der Waals surface area contributed by atoms with Crippen LogP contribution in [0.4, 0.5) is 0 Å². The Morgan fingerprint density at radius 1 is 0.875 bits per heavy atom. The molecule has 0 amide bonds. The summed E-state index contributed by atoms with van der Waals surface area (Å²) in [6.07, 6.45) is 6.43. The summed E-state index contributed by atoms with van der Waals surface area (Å²) in [5.74, 6) is 4.09. The van der Waals surface area contributed by atoms with Crippen LogP contribution in [0.3, 0.4) is 0 Å². The highest BCUT2D eigenvalue weighted by Crippen LogP contribution is 2.32. The van der Waals surface area contributed by atoms with Crippen molar-refractivity contribution >= 4 is 25.6 Å². The van der Waals surface area contributed by atoms with Crippen molar-refractivity contribution in [2.45, 2.75) is 16.5 Å². The third-order valence-corrected chi connectivity index (χ3v) is 6.14. The van der Waals surface area contributed by atoms with E-state index >= 15 is 0 Å². The van der Waals surface area contributed by atoms with Crippen molar-refractivity contribution in [2.75, 3.05) is 12.5 Å². The van der Waals surface area contributed by atoms with E-state index in [2.05, 4.69) is 31.8 Å². The monoisotopic (exact) mass is 472 g/mol. The molecule has 0 aliphatic rings. The normalized spacial score (nSPS) is 11.4. The molecule has 0 fully saturated rings. The van der Waals surface area contributed by atoms with Crippen molar-refractivity contribution in [3.63, 3.8) is 0 Å². The predicted octanol–water partition coefficient (Wildman–Crippen LogP) is 1.23. The van der Waals surface area contributed by atoms with E-state index in [9.17, 15) is 21.6 Å². The molecule has 32 heavy (non-hydrogen) atoms. The number of carboxylic acids is 1. The first-order chi connectivity index (χ1) is 15.0. The number of hydrogen-bond acceptors (Lipinski definition) is 9. The molecule has 0 spiro atoms. The second kappa shape index (κ2) is 8.81. The Morgan fingerprint density at radius 3 is 1.75 bits per heavy atom. The van der Waals surface area contributed by atoms with Crippen LogP contribution in [0.2, 0.25) is 0 Å². The van der Waals surface area contributed by atoms with Gasteiger partial charge < -0.3 is 5.11 Å². The van der Waals surface area contributed by atoms with E-state index in [0.717, 1.165) is 25.2 Å². The summed E-state index contributed by atoms with van der Waals surface area (Å²) in [5.41, 5.74) is 1.36. The molecule has 0 saturated carbocycles. The third kappa shape index (κ3) is 5.32. The average molecular weight is 473 g/mol. The lowest BCUT2D eigenvalue weighted by Gasteiger charge is -2.11. The van der Waals surface area contributed by atoms with E-state index in [-0.39, 0.29) is 21.2 Å². The standard InChI is InChI=1S/C20H16N4O6S2/c1-31(27,28)19-16(9-21-11-23-19)14-6-13(4-3-5-18(25)26)7-15(8-14)17-10-22-12-24-20(17)32(2,29)30/h6-12H,5H2,1-2H3,(H,25,26). The summed E-state index contributed by atoms with van der Waals surface area (Å²) in [6.45, 7) is 0. The van der Waals surface area contributed by atoms with Crippen LogP contribution in [0.5, 0.6) is 0 Å². The number of benzene rings is 1. The van der Waals surface area contributed by atoms with Crippen LogP contribution in [0.1, 0.15) is 12.0 Å². The SMILES string of the molecule is CS(=O)(=O)c1ncncc1-c1cc(C#CCC(=O)O)cc(-c2cncnc2S(C)(=O)=O)c1. The number of carboxylic acid groups (broad SMARTS) is 1. The molecule has 2 heterocycles. The topological polar surface area (TPSA) is 157 Å². The van der Waals surface area contributed by atoms with Gasteiger partial charge in [0, 0.05) is 41.6 Å². The van der Waals surface area contributed by atoms with Crippen LogP contribution >= 0.6 is 0 Å². The first kappa shape index (κ1) is 23.0. The van der Waals surface area contributed by atoms with Crippen LogP contribution in [0.25, 0.3) is 22.3 Å². The van der Waals surface area contributed by atoms with Gasteiger partial charge in [0.1, 0.15) is 19.1 Å². The summed E-state index contributed by atoms with van der Waals surface area (Å²) in [6, 6.07) is 4.62. The van der Waals surface area contributed by atoms with E-state index in [1.807, 2.05) is 0 Å². The van der Waals surface area contributed by atoms with Crippen LogP contribution in [0, 0.1) is 11.8 Å². The molecule has 12 heteroatoms. The Kier molecular flexibility index (Phi) is 6.33. The quantitative estimate of drug-likeness (QED) is 0.423. The lowest BCUT2D eigenvalue weighted by molar-refractivity contribution is -0.135. The molecule has 0 atom stereocenters. The molecular formula is C20H16N4O6S2. The van der Waals surface area contributed by atoms with E-state index in [1.54, 1.807) is 6.07 Å². The maximum Gasteiger partial charge on any atom is 0.315 e. The Morgan fingerprint density at radius 2 is 1.34 bits per heavy atom. The summed E-state index contributed by atoms with van der Waals surface area (Å²) in [5, 5.41) is 8.40. The smallest absolute Gasteiger partial charge is 0.315 e. The average Bonchev–Trinajstić information content (AvgIpc) is 2.72. The van der Waals surface area contributed by atoms with E-state index in [1.165, 1.54) is 24.5 Å². The molecule has 3 rings (SSSR count). The summed E-state index contributed by atoms with van der Waals surface area (Å²) >= 11 is 0. The Balaban J connectivity index is 2.33. The minimum absolute atomic E-state index is 0.177. The molecule has 0 radical (unpaired) electrons. The molecule has 0 bridgehead atoms. The van der Waals surface area contributed by atoms with E-state index < -0.39 is 32.1 Å². The largest absolute Gasteiger partial charge is 0.481 e. The van der Waals surface area contributed by atoms with E-state index in [4.69, 9.17) is 5.11 Å². The van der Waals surface area contributed by atoms with Gasteiger partial charge in [-0.25, -0.2) is 36.8 Å². The number of carbonyl (C=O) groups is 1. The van der Waals surface area contributed by atoms with Crippen LogP contribution in [-0.4, -0.2) is 60.4 Å². The van der Waals surface area contributed by atoms with Crippen molar-refractivity contribution < 1.29 is 26.7 Å². The number of nitrogens with zero attached hydrogens (tertiary/aromatic N) is 4. The van der Waals surface area contributed by atoms with Gasteiger partial charge in [0.25, 0.3) is 0 Å². The van der Waals surface area contributed by atoms with Crippen molar-refractivity contribution in [3.8, 4) is 34.1 Å². The second-order valence-electron chi connectivity index (χ2n) is 6.70. The number of aliphatic carboxylic acids is 1. The number of sulfone groups is 2. The minimum atomic E-state index is -3.72. The molecule has 1 N–H and O–H groups in total. The molecule has 164 valence electrons. The Hall–Kier alpha value is -3.69.